The molecule has 7 heteroatoms. The number of carboxylic acids is 1. The number of nitrogens with zero attached hydrogens (tertiary/aromatic N) is 1. The number of aromatic nitrogens is 2. The molecule has 0 aliphatic heterocycles. The highest BCUT2D eigenvalue weighted by molar-refractivity contribution is 5.69. The molecule has 1 heterocycles. The molecule has 1 aromatic heterocycles. The fourth-order valence-electron chi connectivity index (χ4n) is 0.780. The standard InChI is InChI=1S/C6H5N2O5/c9-4(10)1-3-2-8(13)6(12)7-5(3)11/h2H,1H2,(H,9,10)(H,7,11,12)/q-1. The van der Waals surface area contributed by atoms with Crippen LogP contribution in [0, 0.1) is 5.21 Å². The van der Waals surface area contributed by atoms with Crippen molar-refractivity contribution in [1.82, 2.24) is 9.71 Å². The molecular weight excluding hydrogens is 180 g/mol. The van der Waals surface area contributed by atoms with Crippen LogP contribution in [0.3, 0.4) is 0 Å². The van der Waals surface area contributed by atoms with Crippen molar-refractivity contribution in [3.05, 3.63) is 37.8 Å². The highest BCUT2D eigenvalue weighted by atomic mass is 16.5. The van der Waals surface area contributed by atoms with Crippen LogP contribution in [0.15, 0.2) is 15.8 Å². The van der Waals surface area contributed by atoms with Crippen molar-refractivity contribution < 1.29 is 9.90 Å². The first-order valence-corrected chi connectivity index (χ1v) is 3.25. The third-order valence-corrected chi connectivity index (χ3v) is 1.33. The Bertz CT molecular complexity index is 443. The van der Waals surface area contributed by atoms with Crippen LogP contribution in [0.25, 0.3) is 0 Å². The maximum atomic E-state index is 10.9. The number of aromatic amines is 1. The van der Waals surface area contributed by atoms with Gasteiger partial charge in [-0.25, -0.2) is 4.79 Å². The SMILES string of the molecule is O=C(O)Cc1cn([O-])c(=O)[nH]c1=O. The van der Waals surface area contributed by atoms with Crippen LogP contribution in [-0.4, -0.2) is 20.8 Å². The van der Waals surface area contributed by atoms with Gasteiger partial charge in [-0.2, -0.15) is 0 Å². The third kappa shape index (κ3) is 1.95. The molecule has 13 heavy (non-hydrogen) atoms. The molecule has 2 N–H and O–H groups in total. The first-order valence-electron chi connectivity index (χ1n) is 3.25. The van der Waals surface area contributed by atoms with Gasteiger partial charge in [0.05, 0.1) is 6.42 Å². The molecule has 0 unspecified atom stereocenters. The lowest BCUT2D eigenvalue weighted by molar-refractivity contribution is -0.136. The van der Waals surface area contributed by atoms with Crippen molar-refractivity contribution in [2.24, 2.45) is 0 Å². The van der Waals surface area contributed by atoms with Crippen LogP contribution in [0.5, 0.6) is 0 Å². The van der Waals surface area contributed by atoms with Gasteiger partial charge in [-0.1, -0.05) is 0 Å². The minimum absolute atomic E-state index is 0.125. The number of hydrogen-bond acceptors (Lipinski definition) is 4. The number of hydrogen-bond donors (Lipinski definition) is 2. The van der Waals surface area contributed by atoms with Crippen LogP contribution in [0.2, 0.25) is 0 Å². The van der Waals surface area contributed by atoms with Gasteiger partial charge >= 0.3 is 11.7 Å². The zero-order valence-electron chi connectivity index (χ0n) is 6.31. The summed E-state index contributed by atoms with van der Waals surface area (Å²) < 4.78 is -0.125. The first-order chi connectivity index (χ1) is 6.00. The molecule has 0 aliphatic carbocycles. The Morgan fingerprint density at radius 2 is 2.23 bits per heavy atom. The molecule has 7 nitrogen and oxygen atoms in total. The quantitative estimate of drug-likeness (QED) is 0.582. The average Bonchev–Trinajstić information content (AvgIpc) is 1.99. The molecule has 0 spiro atoms. The van der Waals surface area contributed by atoms with Gasteiger partial charge in [0.15, 0.2) is 0 Å². The Hall–Kier alpha value is -2.05. The van der Waals surface area contributed by atoms with Crippen molar-refractivity contribution in [1.29, 1.82) is 0 Å². The number of rotatable bonds is 2. The number of aliphatic carboxylic acids is 1. The van der Waals surface area contributed by atoms with Gasteiger partial charge in [0.2, 0.25) is 0 Å². The summed E-state index contributed by atoms with van der Waals surface area (Å²) in [6.45, 7) is 0. The zero-order valence-corrected chi connectivity index (χ0v) is 6.31. The van der Waals surface area contributed by atoms with Crippen molar-refractivity contribution in [2.45, 2.75) is 6.42 Å². The van der Waals surface area contributed by atoms with Crippen LogP contribution >= 0.6 is 0 Å². The van der Waals surface area contributed by atoms with E-state index in [4.69, 9.17) is 5.11 Å². The molecule has 1 rings (SSSR count). The van der Waals surface area contributed by atoms with E-state index in [9.17, 15) is 19.6 Å². The summed E-state index contributed by atoms with van der Waals surface area (Å²) >= 11 is 0. The van der Waals surface area contributed by atoms with Gasteiger partial charge < -0.3 is 15.0 Å². The van der Waals surface area contributed by atoms with E-state index in [0.29, 0.717) is 6.20 Å². The van der Waals surface area contributed by atoms with Crippen molar-refractivity contribution >= 4 is 5.97 Å². The van der Waals surface area contributed by atoms with Gasteiger partial charge in [-0.3, -0.25) is 14.6 Å². The fraction of sp³-hybridized carbons (Fsp3) is 0.167. The smallest absolute Gasteiger partial charge is 0.323 e. The van der Waals surface area contributed by atoms with Gasteiger partial charge in [0.25, 0.3) is 5.56 Å². The van der Waals surface area contributed by atoms with Gasteiger partial charge in [0, 0.05) is 11.8 Å². The second-order valence-electron chi connectivity index (χ2n) is 2.31. The fourth-order valence-corrected chi connectivity index (χ4v) is 0.780. The molecule has 0 aliphatic rings. The highest BCUT2D eigenvalue weighted by Gasteiger charge is 2.05. The van der Waals surface area contributed by atoms with Crippen LogP contribution in [0.1, 0.15) is 5.56 Å². The predicted octanol–water partition coefficient (Wildman–Crippen LogP) is -1.49. The second kappa shape index (κ2) is 3.13. The number of carbonyl (C=O) groups is 1. The van der Waals surface area contributed by atoms with E-state index >= 15 is 0 Å². The molecule has 0 fully saturated rings. The number of carboxylic acid groups (broad SMARTS) is 1. The number of nitrogens with one attached hydrogen (secondary N) is 1. The van der Waals surface area contributed by atoms with E-state index in [-0.39, 0.29) is 10.3 Å². The molecular formula is C6H5N2O5-. The summed E-state index contributed by atoms with van der Waals surface area (Å²) in [5, 5.41) is 18.9. The molecule has 0 saturated carbocycles. The molecule has 0 amide bonds. The molecule has 0 atom stereocenters. The Balaban J connectivity index is 3.24. The lowest BCUT2D eigenvalue weighted by Gasteiger charge is -2.07. The van der Waals surface area contributed by atoms with Gasteiger partial charge in [0.1, 0.15) is 0 Å². The van der Waals surface area contributed by atoms with E-state index in [0.717, 1.165) is 0 Å². The normalized spacial score (nSPS) is 9.85. The van der Waals surface area contributed by atoms with E-state index in [1.807, 2.05) is 0 Å². The summed E-state index contributed by atoms with van der Waals surface area (Å²) in [5.41, 5.74) is -2.21. The topological polar surface area (TPSA) is 115 Å². The minimum atomic E-state index is -1.25. The molecule has 1 aromatic rings. The van der Waals surface area contributed by atoms with E-state index < -0.39 is 23.6 Å². The van der Waals surface area contributed by atoms with E-state index in [1.165, 1.54) is 0 Å². The average molecular weight is 185 g/mol. The van der Waals surface area contributed by atoms with Gasteiger partial charge in [-0.05, 0) is 0 Å². The third-order valence-electron chi connectivity index (χ3n) is 1.33. The lowest BCUT2D eigenvalue weighted by atomic mass is 10.2. The minimum Gasteiger partial charge on any atom is -0.802 e. The summed E-state index contributed by atoms with van der Waals surface area (Å²) in [6, 6.07) is 0. The van der Waals surface area contributed by atoms with E-state index in [2.05, 4.69) is 0 Å². The summed E-state index contributed by atoms with van der Waals surface area (Å²) in [5.74, 6) is -1.25. The van der Waals surface area contributed by atoms with Crippen molar-refractivity contribution in [2.75, 3.05) is 0 Å². The molecule has 0 saturated heterocycles. The van der Waals surface area contributed by atoms with Crippen LogP contribution < -0.4 is 11.2 Å². The zero-order chi connectivity index (χ0) is 10.0. The highest BCUT2D eigenvalue weighted by Crippen LogP contribution is 1.88. The van der Waals surface area contributed by atoms with Crippen molar-refractivity contribution in [3.63, 3.8) is 0 Å². The largest absolute Gasteiger partial charge is 0.802 e. The predicted molar refractivity (Wildman–Crippen MR) is 41.4 cm³/mol. The summed E-state index contributed by atoms with van der Waals surface area (Å²) in [7, 11) is 0. The monoisotopic (exact) mass is 185 g/mol. The molecule has 0 radical (unpaired) electrons. The van der Waals surface area contributed by atoms with Crippen LogP contribution in [-0.2, 0) is 11.2 Å². The molecule has 70 valence electrons. The maximum absolute atomic E-state index is 10.9. The lowest BCUT2D eigenvalue weighted by Crippen LogP contribution is -2.30. The second-order valence-corrected chi connectivity index (χ2v) is 2.31. The summed E-state index contributed by atoms with van der Waals surface area (Å²) in [4.78, 5) is 33.2. The van der Waals surface area contributed by atoms with Crippen molar-refractivity contribution in [3.8, 4) is 0 Å². The maximum Gasteiger partial charge on any atom is 0.323 e. The van der Waals surface area contributed by atoms with E-state index in [1.54, 1.807) is 4.98 Å². The molecule has 0 bridgehead atoms. The number of H-pyrrole nitrogens is 1. The summed E-state index contributed by atoms with van der Waals surface area (Å²) in [6.07, 6.45) is 0.0765. The Kier molecular flexibility index (Phi) is 2.18. The van der Waals surface area contributed by atoms with Gasteiger partial charge in [-0.15, -0.1) is 0 Å². The van der Waals surface area contributed by atoms with Crippen LogP contribution in [0.4, 0.5) is 0 Å². The Morgan fingerprint density at radius 1 is 1.62 bits per heavy atom. The first kappa shape index (κ1) is 9.04. The molecule has 0 aromatic carbocycles. The Morgan fingerprint density at radius 3 is 2.77 bits per heavy atom. The Labute approximate surface area is 70.8 Å².